The average molecular weight is 608 g/mol. The Kier molecular flexibility index (Phi) is 8.93. The Morgan fingerprint density at radius 3 is 2.58 bits per heavy atom. The molecule has 0 spiro atoms. The Hall–Kier alpha value is -4.96. The monoisotopic (exact) mass is 607 g/mol. The minimum Gasteiger partial charge on any atom is -0.482 e. The maximum absolute atomic E-state index is 13.5. The molecule has 2 aliphatic heterocycles. The highest BCUT2D eigenvalue weighted by atomic mass is 16.5. The van der Waals surface area contributed by atoms with E-state index in [0.717, 1.165) is 36.0 Å². The number of fused-ring (bicyclic) bond motifs is 2. The lowest BCUT2D eigenvalue weighted by Crippen LogP contribution is -2.35. The number of benzene rings is 3. The van der Waals surface area contributed by atoms with E-state index in [2.05, 4.69) is 10.6 Å². The molecule has 0 atom stereocenters. The summed E-state index contributed by atoms with van der Waals surface area (Å²) in [6.07, 6.45) is 7.61. The average Bonchev–Trinajstić information content (AvgIpc) is 3.90. The molecule has 0 unspecified atom stereocenters. The number of amides is 4. The molecule has 3 aromatic carbocycles. The maximum Gasteiger partial charge on any atom is 0.262 e. The highest BCUT2D eigenvalue weighted by Gasteiger charge is 2.33. The first-order valence-electron chi connectivity index (χ1n) is 15.4. The summed E-state index contributed by atoms with van der Waals surface area (Å²) in [6.45, 7) is 2.07. The summed E-state index contributed by atoms with van der Waals surface area (Å²) < 4.78 is 5.50. The molecule has 3 aliphatic rings. The highest BCUT2D eigenvalue weighted by molar-refractivity contribution is 6.04. The Morgan fingerprint density at radius 2 is 1.80 bits per heavy atom. The second-order valence-corrected chi connectivity index (χ2v) is 11.7. The van der Waals surface area contributed by atoms with E-state index in [1.807, 2.05) is 52.3 Å². The largest absolute Gasteiger partial charge is 0.482 e. The molecule has 45 heavy (non-hydrogen) atoms. The van der Waals surface area contributed by atoms with Gasteiger partial charge in [0.15, 0.2) is 6.61 Å². The number of allylic oxidation sites excluding steroid dienone is 1. The van der Waals surface area contributed by atoms with Crippen LogP contribution in [0.3, 0.4) is 0 Å². The molecular formula is C35H37N5O5. The number of ether oxygens (including phenoxy) is 1. The molecule has 0 aromatic heterocycles. The number of nitrogens with one attached hydrogen (secondary N) is 2. The van der Waals surface area contributed by atoms with Gasteiger partial charge >= 0.3 is 0 Å². The van der Waals surface area contributed by atoms with Crippen LogP contribution in [-0.2, 0) is 29.1 Å². The number of nitrogens with two attached hydrogens (primary N) is 1. The number of hydrogen-bond acceptors (Lipinski definition) is 6. The van der Waals surface area contributed by atoms with Gasteiger partial charge in [0, 0.05) is 55.5 Å². The molecule has 232 valence electrons. The summed E-state index contributed by atoms with van der Waals surface area (Å²) in [6, 6.07) is 18.4. The molecule has 3 aromatic rings. The molecule has 10 nitrogen and oxygen atoms in total. The summed E-state index contributed by atoms with van der Waals surface area (Å²) in [5.74, 6) is 0.103. The van der Waals surface area contributed by atoms with Crippen LogP contribution >= 0.6 is 0 Å². The van der Waals surface area contributed by atoms with Crippen molar-refractivity contribution in [1.29, 1.82) is 0 Å². The van der Waals surface area contributed by atoms with E-state index < -0.39 is 0 Å². The van der Waals surface area contributed by atoms with Crippen molar-refractivity contribution in [2.75, 3.05) is 30.3 Å². The Bertz CT molecular complexity index is 1650. The van der Waals surface area contributed by atoms with E-state index in [0.29, 0.717) is 67.3 Å². The van der Waals surface area contributed by atoms with Gasteiger partial charge < -0.3 is 30.9 Å². The van der Waals surface area contributed by atoms with E-state index >= 15 is 0 Å². The third-order valence-electron chi connectivity index (χ3n) is 8.34. The summed E-state index contributed by atoms with van der Waals surface area (Å²) in [5, 5.41) is 5.75. The smallest absolute Gasteiger partial charge is 0.262 e. The van der Waals surface area contributed by atoms with Gasteiger partial charge in [-0.25, -0.2) is 0 Å². The molecule has 0 radical (unpaired) electrons. The van der Waals surface area contributed by atoms with Crippen LogP contribution in [0.5, 0.6) is 5.75 Å². The van der Waals surface area contributed by atoms with Crippen LogP contribution in [0.2, 0.25) is 0 Å². The predicted octanol–water partition coefficient (Wildman–Crippen LogP) is 4.25. The molecule has 4 N–H and O–H groups in total. The number of rotatable bonds is 10. The van der Waals surface area contributed by atoms with E-state index in [9.17, 15) is 19.2 Å². The van der Waals surface area contributed by atoms with E-state index in [1.165, 1.54) is 0 Å². The lowest BCUT2D eigenvalue weighted by Gasteiger charge is -2.29. The van der Waals surface area contributed by atoms with Gasteiger partial charge in [-0.15, -0.1) is 0 Å². The van der Waals surface area contributed by atoms with E-state index in [4.69, 9.17) is 10.5 Å². The number of carbonyl (C=O) groups is 4. The molecule has 2 heterocycles. The van der Waals surface area contributed by atoms with Gasteiger partial charge in [0.05, 0.1) is 5.69 Å². The quantitative estimate of drug-likeness (QED) is 0.295. The molecule has 1 aliphatic carbocycles. The number of carbonyl (C=O) groups excluding carboxylic acids is 4. The van der Waals surface area contributed by atoms with Gasteiger partial charge in [-0.05, 0) is 84.8 Å². The molecule has 4 amide bonds. The first-order valence-corrected chi connectivity index (χ1v) is 15.4. The Balaban J connectivity index is 1.05. The summed E-state index contributed by atoms with van der Waals surface area (Å²) in [5.41, 5.74) is 10.9. The van der Waals surface area contributed by atoms with Crippen molar-refractivity contribution in [3.63, 3.8) is 0 Å². The van der Waals surface area contributed by atoms with Crippen LogP contribution < -0.4 is 21.1 Å². The Morgan fingerprint density at radius 1 is 1.00 bits per heavy atom. The van der Waals surface area contributed by atoms with Crippen molar-refractivity contribution < 1.29 is 23.9 Å². The van der Waals surface area contributed by atoms with Crippen LogP contribution in [0.4, 0.5) is 11.4 Å². The molecule has 1 fully saturated rings. The maximum atomic E-state index is 13.5. The normalized spacial score (nSPS) is 15.5. The number of anilines is 2. The zero-order valence-electron chi connectivity index (χ0n) is 25.1. The fourth-order valence-electron chi connectivity index (χ4n) is 5.71. The van der Waals surface area contributed by atoms with Crippen LogP contribution in [0, 0.1) is 0 Å². The minimum absolute atomic E-state index is 0.0703. The molecular weight excluding hydrogens is 570 g/mol. The topological polar surface area (TPSA) is 134 Å². The number of nitrogens with zero attached hydrogens (tertiary/aromatic N) is 2. The van der Waals surface area contributed by atoms with Crippen molar-refractivity contribution >= 4 is 35.0 Å². The van der Waals surface area contributed by atoms with Gasteiger partial charge in [-0.2, -0.15) is 0 Å². The molecule has 6 rings (SSSR count). The standard InChI is InChI=1S/C35H37N5O5/c36-16-3-1-2-4-33(42)39-17-15-25-18-28(11-9-27(25)21-39)37-34(43)24-7-5-23(6-8-24)20-40(29-12-13-29)35(44)26-10-14-30-31(19-26)45-22-32(41)38-30/h1,3,5-11,14,18-19,29H,2,4,12-13,15-17,20-22,36H2,(H,37,43)(H,38,41)/b3-1-. The summed E-state index contributed by atoms with van der Waals surface area (Å²) in [4.78, 5) is 54.5. The van der Waals surface area contributed by atoms with Gasteiger partial charge in [0.25, 0.3) is 17.7 Å². The fourth-order valence-corrected chi connectivity index (χ4v) is 5.71. The second kappa shape index (κ2) is 13.4. The third kappa shape index (κ3) is 7.24. The van der Waals surface area contributed by atoms with Crippen LogP contribution in [-0.4, -0.2) is 59.2 Å². The van der Waals surface area contributed by atoms with Crippen molar-refractivity contribution in [1.82, 2.24) is 9.80 Å². The van der Waals surface area contributed by atoms with Crippen molar-refractivity contribution in [3.8, 4) is 5.75 Å². The van der Waals surface area contributed by atoms with Gasteiger partial charge in [0.2, 0.25) is 5.91 Å². The fraction of sp³-hybridized carbons (Fsp3) is 0.314. The van der Waals surface area contributed by atoms with Crippen LogP contribution in [0.15, 0.2) is 72.8 Å². The van der Waals surface area contributed by atoms with Crippen molar-refractivity contribution in [2.24, 2.45) is 5.73 Å². The first-order chi connectivity index (χ1) is 21.9. The van der Waals surface area contributed by atoms with Crippen LogP contribution in [0.25, 0.3) is 0 Å². The number of hydrogen-bond donors (Lipinski definition) is 3. The van der Waals surface area contributed by atoms with Gasteiger partial charge in [-0.3, -0.25) is 19.2 Å². The van der Waals surface area contributed by atoms with E-state index in [-0.39, 0.29) is 36.3 Å². The van der Waals surface area contributed by atoms with Gasteiger partial charge in [-0.1, -0.05) is 30.4 Å². The Labute approximate surface area is 262 Å². The summed E-state index contributed by atoms with van der Waals surface area (Å²) >= 11 is 0. The minimum atomic E-state index is -0.217. The highest BCUT2D eigenvalue weighted by Crippen LogP contribution is 2.33. The summed E-state index contributed by atoms with van der Waals surface area (Å²) in [7, 11) is 0. The first kappa shape index (κ1) is 30.1. The molecule has 10 heteroatoms. The predicted molar refractivity (Wildman–Crippen MR) is 171 cm³/mol. The lowest BCUT2D eigenvalue weighted by atomic mass is 9.98. The third-order valence-corrected chi connectivity index (χ3v) is 8.34. The molecule has 0 bridgehead atoms. The SMILES string of the molecule is NC/C=C\CCC(=O)N1CCc2cc(NC(=O)c3ccc(CN(C(=O)c4ccc5c(c4)OCC(=O)N5)C4CC4)cc3)ccc2C1. The van der Waals surface area contributed by atoms with Crippen molar-refractivity contribution in [3.05, 3.63) is 101 Å². The lowest BCUT2D eigenvalue weighted by molar-refractivity contribution is -0.132. The zero-order chi connectivity index (χ0) is 31.3. The van der Waals surface area contributed by atoms with Crippen molar-refractivity contribution in [2.45, 2.75) is 51.2 Å². The van der Waals surface area contributed by atoms with Gasteiger partial charge in [0.1, 0.15) is 5.75 Å². The molecule has 0 saturated heterocycles. The second-order valence-electron chi connectivity index (χ2n) is 11.7. The molecule has 1 saturated carbocycles. The van der Waals surface area contributed by atoms with E-state index in [1.54, 1.807) is 30.3 Å². The zero-order valence-corrected chi connectivity index (χ0v) is 25.1. The van der Waals surface area contributed by atoms with Crippen LogP contribution in [0.1, 0.15) is 63.1 Å².